The largest absolute Gasteiger partial charge is 0.354 e. The fourth-order valence-corrected chi connectivity index (χ4v) is 6.03. The van der Waals surface area contributed by atoms with E-state index in [9.17, 15) is 0 Å². The first-order valence-electron chi connectivity index (χ1n) is 12.9. The monoisotopic (exact) mass is 466 g/mol. The van der Waals surface area contributed by atoms with Crippen LogP contribution in [0.3, 0.4) is 0 Å². The van der Waals surface area contributed by atoms with Crippen LogP contribution in [0.4, 0.5) is 0 Å². The van der Waals surface area contributed by atoms with E-state index in [-0.39, 0.29) is 0 Å². The van der Waals surface area contributed by atoms with E-state index < -0.39 is 0 Å². The van der Waals surface area contributed by atoms with Gasteiger partial charge < -0.3 is 4.98 Å². The molecule has 1 N–H and O–H groups in total. The molecule has 1 aromatic carbocycles. The van der Waals surface area contributed by atoms with Crippen LogP contribution in [-0.4, -0.2) is 56.4 Å². The quantitative estimate of drug-likeness (QED) is 0.399. The molecule has 1 unspecified atom stereocenters. The Kier molecular flexibility index (Phi) is 5.56. The average molecular weight is 467 g/mol. The molecule has 0 bridgehead atoms. The van der Waals surface area contributed by atoms with Crippen molar-refractivity contribution >= 4 is 22.8 Å². The first-order valence-corrected chi connectivity index (χ1v) is 12.9. The lowest BCUT2D eigenvalue weighted by Crippen LogP contribution is -2.40. The summed E-state index contributed by atoms with van der Waals surface area (Å²) < 4.78 is 1.88. The minimum Gasteiger partial charge on any atom is -0.354 e. The number of fused-ring (bicyclic) bond motifs is 2. The van der Waals surface area contributed by atoms with Crippen LogP contribution in [0.25, 0.3) is 27.8 Å². The van der Waals surface area contributed by atoms with Crippen molar-refractivity contribution in [3.05, 3.63) is 65.1 Å². The number of hydrogen-bond acceptors (Lipinski definition) is 4. The van der Waals surface area contributed by atoms with Crippen LogP contribution in [0.15, 0.2) is 53.4 Å². The van der Waals surface area contributed by atoms with Crippen molar-refractivity contribution in [3.63, 3.8) is 0 Å². The fourth-order valence-electron chi connectivity index (χ4n) is 6.03. The van der Waals surface area contributed by atoms with E-state index >= 15 is 0 Å². The Morgan fingerprint density at radius 1 is 1.09 bits per heavy atom. The van der Waals surface area contributed by atoms with Gasteiger partial charge in [0.1, 0.15) is 6.33 Å². The molecule has 0 spiro atoms. The maximum Gasteiger partial charge on any atom is 0.158 e. The molecule has 0 amide bonds. The van der Waals surface area contributed by atoms with Crippen molar-refractivity contribution in [1.82, 2.24) is 24.5 Å². The van der Waals surface area contributed by atoms with Crippen LogP contribution in [0.5, 0.6) is 0 Å². The molecule has 35 heavy (non-hydrogen) atoms. The second-order valence-electron chi connectivity index (χ2n) is 10.5. The predicted molar refractivity (Wildman–Crippen MR) is 144 cm³/mol. The van der Waals surface area contributed by atoms with Crippen molar-refractivity contribution in [2.24, 2.45) is 4.99 Å². The number of rotatable bonds is 5. The van der Waals surface area contributed by atoms with Crippen LogP contribution in [0, 0.1) is 6.92 Å². The number of benzene rings is 1. The number of nitrogens with zero attached hydrogens (tertiary/aromatic N) is 5. The molecule has 6 rings (SSSR count). The van der Waals surface area contributed by atoms with E-state index in [1.54, 1.807) is 6.33 Å². The molecule has 4 aromatic rings. The lowest BCUT2D eigenvalue weighted by Gasteiger charge is -2.36. The van der Waals surface area contributed by atoms with Gasteiger partial charge in [0.05, 0.1) is 12.2 Å². The van der Waals surface area contributed by atoms with E-state index in [0.717, 1.165) is 36.4 Å². The van der Waals surface area contributed by atoms with Crippen molar-refractivity contribution < 1.29 is 0 Å². The molecule has 6 heteroatoms. The summed E-state index contributed by atoms with van der Waals surface area (Å²) in [5.41, 5.74) is 9.93. The Balaban J connectivity index is 1.30. The van der Waals surface area contributed by atoms with Crippen molar-refractivity contribution in [2.45, 2.75) is 58.4 Å². The summed E-state index contributed by atoms with van der Waals surface area (Å²) in [6.45, 7) is 12.2. The summed E-state index contributed by atoms with van der Waals surface area (Å²) >= 11 is 0. The van der Waals surface area contributed by atoms with Gasteiger partial charge in [-0.05, 0) is 98.2 Å². The van der Waals surface area contributed by atoms with Crippen molar-refractivity contribution in [1.29, 1.82) is 0 Å². The van der Waals surface area contributed by atoms with Gasteiger partial charge in [-0.15, -0.1) is 0 Å². The van der Waals surface area contributed by atoms with Crippen LogP contribution < -0.4 is 0 Å². The maximum absolute atomic E-state index is 4.39. The predicted octanol–water partition coefficient (Wildman–Crippen LogP) is 5.89. The Morgan fingerprint density at radius 3 is 2.66 bits per heavy atom. The number of likely N-dealkylation sites (tertiary alicyclic amines) is 1. The van der Waals surface area contributed by atoms with Gasteiger partial charge in [0, 0.05) is 34.9 Å². The van der Waals surface area contributed by atoms with Crippen LogP contribution in [-0.2, 0) is 0 Å². The first-order chi connectivity index (χ1) is 17.0. The second kappa shape index (κ2) is 8.76. The highest BCUT2D eigenvalue weighted by molar-refractivity contribution is 5.92. The summed E-state index contributed by atoms with van der Waals surface area (Å²) in [4.78, 5) is 15.1. The maximum atomic E-state index is 4.39. The molecule has 0 radical (unpaired) electrons. The van der Waals surface area contributed by atoms with Crippen molar-refractivity contribution in [2.75, 3.05) is 19.6 Å². The third-order valence-corrected chi connectivity index (χ3v) is 8.04. The Hall–Kier alpha value is -3.25. The zero-order valence-corrected chi connectivity index (χ0v) is 21.1. The molecule has 3 aromatic heterocycles. The van der Waals surface area contributed by atoms with E-state index in [0.29, 0.717) is 17.9 Å². The standard InChI is InChI=1S/C29H34N6/c1-18(2)27-25-14-22(21-8-11-34(12-9-21)20(4)23-7-10-30-15-23)5-6-26(25)33-28(27)24-13-19(3)29-31-17-32-35(29)16-24/h5-7,10,13-14,16-18,20-21,33H,8-9,11-12,15H2,1-4H3. The molecule has 6 nitrogen and oxygen atoms in total. The summed E-state index contributed by atoms with van der Waals surface area (Å²) in [5, 5.41) is 5.74. The molecule has 5 heterocycles. The van der Waals surface area contributed by atoms with Crippen LogP contribution in [0.2, 0.25) is 0 Å². The van der Waals surface area contributed by atoms with Gasteiger partial charge in [0.25, 0.3) is 0 Å². The van der Waals surface area contributed by atoms with Gasteiger partial charge in [-0.25, -0.2) is 9.50 Å². The third kappa shape index (κ3) is 3.90. The number of pyridine rings is 1. The zero-order valence-electron chi connectivity index (χ0n) is 21.1. The summed E-state index contributed by atoms with van der Waals surface area (Å²) in [6, 6.07) is 9.81. The number of aliphatic imine (C=N–C) groups is 1. The normalized spacial score (nSPS) is 18.3. The van der Waals surface area contributed by atoms with Crippen LogP contribution >= 0.6 is 0 Å². The first kappa shape index (κ1) is 22.2. The molecule has 1 fully saturated rings. The number of nitrogens with one attached hydrogen (secondary N) is 1. The SMILES string of the molecule is Cc1cc(-c2[nH]c3ccc(C4CCN(C(C)C5=CC=NC5)CC4)cc3c2C(C)C)cn2ncnc12. The van der Waals surface area contributed by atoms with Gasteiger partial charge in [-0.3, -0.25) is 9.89 Å². The minimum atomic E-state index is 0.408. The Bertz CT molecular complexity index is 1440. The van der Waals surface area contributed by atoms with E-state index in [2.05, 4.69) is 89.2 Å². The molecule has 1 saturated heterocycles. The van der Waals surface area contributed by atoms with Gasteiger partial charge in [-0.2, -0.15) is 5.10 Å². The zero-order chi connectivity index (χ0) is 24.1. The van der Waals surface area contributed by atoms with E-state index in [4.69, 9.17) is 0 Å². The lowest BCUT2D eigenvalue weighted by molar-refractivity contribution is 0.180. The van der Waals surface area contributed by atoms with Crippen LogP contribution in [0.1, 0.15) is 62.1 Å². The Labute approximate surface area is 206 Å². The molecule has 0 aliphatic carbocycles. The molecule has 180 valence electrons. The van der Waals surface area contributed by atoms with Gasteiger partial charge in [0.2, 0.25) is 0 Å². The van der Waals surface area contributed by atoms with Gasteiger partial charge in [0.15, 0.2) is 5.65 Å². The average Bonchev–Trinajstić information content (AvgIpc) is 3.62. The number of piperidine rings is 1. The molecular weight excluding hydrogens is 432 g/mol. The summed E-state index contributed by atoms with van der Waals surface area (Å²) in [6.07, 6.45) is 10.3. The van der Waals surface area contributed by atoms with Gasteiger partial charge in [-0.1, -0.05) is 19.9 Å². The smallest absolute Gasteiger partial charge is 0.158 e. The lowest BCUT2D eigenvalue weighted by atomic mass is 9.87. The van der Waals surface area contributed by atoms with E-state index in [1.807, 2.05) is 10.7 Å². The van der Waals surface area contributed by atoms with E-state index in [1.165, 1.54) is 46.1 Å². The minimum absolute atomic E-state index is 0.408. The highest BCUT2D eigenvalue weighted by Gasteiger charge is 2.26. The number of aromatic nitrogens is 4. The summed E-state index contributed by atoms with van der Waals surface area (Å²) in [5.74, 6) is 1.02. The Morgan fingerprint density at radius 2 is 1.91 bits per heavy atom. The number of allylic oxidation sites excluding steroid dienone is 1. The molecular formula is C29H34N6. The number of hydrogen-bond donors (Lipinski definition) is 1. The number of H-pyrrole nitrogens is 1. The topological polar surface area (TPSA) is 61.6 Å². The van der Waals surface area contributed by atoms with Crippen molar-refractivity contribution in [3.8, 4) is 11.3 Å². The number of aryl methyl sites for hydroxylation is 1. The highest BCUT2D eigenvalue weighted by atomic mass is 15.3. The fraction of sp³-hybridized carbons (Fsp3) is 0.414. The molecule has 2 aliphatic heterocycles. The number of aromatic amines is 1. The molecule has 2 aliphatic rings. The molecule has 0 saturated carbocycles. The van der Waals surface area contributed by atoms with Gasteiger partial charge >= 0.3 is 0 Å². The second-order valence-corrected chi connectivity index (χ2v) is 10.5. The molecule has 1 atom stereocenters. The third-order valence-electron chi connectivity index (χ3n) is 8.04. The highest BCUT2D eigenvalue weighted by Crippen LogP contribution is 2.39. The summed E-state index contributed by atoms with van der Waals surface area (Å²) in [7, 11) is 0.